The third kappa shape index (κ3) is 4.61. The van der Waals surface area contributed by atoms with Gasteiger partial charge in [0.15, 0.2) is 0 Å². The van der Waals surface area contributed by atoms with Gasteiger partial charge in [0.25, 0.3) is 5.91 Å². The fourth-order valence-electron chi connectivity index (χ4n) is 2.99. The first-order valence-electron chi connectivity index (χ1n) is 9.14. The van der Waals surface area contributed by atoms with Gasteiger partial charge in [-0.05, 0) is 26.0 Å². The van der Waals surface area contributed by atoms with Gasteiger partial charge in [0.05, 0.1) is 29.9 Å². The van der Waals surface area contributed by atoms with Crippen LogP contribution in [0.25, 0.3) is 11.3 Å². The van der Waals surface area contributed by atoms with Crippen molar-refractivity contribution in [2.75, 3.05) is 20.3 Å². The van der Waals surface area contributed by atoms with Gasteiger partial charge in [-0.3, -0.25) is 14.5 Å². The van der Waals surface area contributed by atoms with E-state index < -0.39 is 0 Å². The molecule has 0 aliphatic carbocycles. The van der Waals surface area contributed by atoms with Crippen LogP contribution in [0.4, 0.5) is 0 Å². The van der Waals surface area contributed by atoms with Crippen molar-refractivity contribution in [2.24, 2.45) is 7.05 Å². The molecule has 1 aromatic carbocycles. The molecule has 7 nitrogen and oxygen atoms in total. The molecule has 3 rings (SSSR count). The third-order valence-corrected chi connectivity index (χ3v) is 4.47. The first-order chi connectivity index (χ1) is 13.5. The second-order valence-electron chi connectivity index (χ2n) is 6.76. The Labute approximate surface area is 165 Å². The minimum absolute atomic E-state index is 0.0421. The van der Waals surface area contributed by atoms with Crippen molar-refractivity contribution in [3.05, 3.63) is 65.4 Å². The fourth-order valence-corrected chi connectivity index (χ4v) is 2.99. The summed E-state index contributed by atoms with van der Waals surface area (Å²) < 4.78 is 6.90. The number of carbonyl (C=O) groups excluding carboxylic acids is 1. The standard InChI is InChI=1S/C21H25N5O2/c1-15-11-22-16(2)20(24-15)18-5-7-19(8-6-18)21(27)26(9-10-28-4)14-17-12-23-25(3)13-17/h5-8,11-13H,9-10,14H2,1-4H3. The van der Waals surface area contributed by atoms with Crippen molar-refractivity contribution < 1.29 is 9.53 Å². The second kappa shape index (κ2) is 8.75. The normalized spacial score (nSPS) is 10.9. The number of nitrogens with zero attached hydrogens (tertiary/aromatic N) is 5. The molecule has 0 N–H and O–H groups in total. The Morgan fingerprint density at radius 1 is 1.18 bits per heavy atom. The van der Waals surface area contributed by atoms with Crippen LogP contribution in [0.15, 0.2) is 42.9 Å². The number of aromatic nitrogens is 4. The maximum absolute atomic E-state index is 13.0. The Hall–Kier alpha value is -3.06. The average molecular weight is 379 g/mol. The van der Waals surface area contributed by atoms with Gasteiger partial charge >= 0.3 is 0 Å². The molecular formula is C21H25N5O2. The van der Waals surface area contributed by atoms with Gasteiger partial charge in [-0.15, -0.1) is 0 Å². The lowest BCUT2D eigenvalue weighted by atomic mass is 10.1. The van der Waals surface area contributed by atoms with Gasteiger partial charge in [-0.25, -0.2) is 4.98 Å². The quantitative estimate of drug-likeness (QED) is 0.631. The summed E-state index contributed by atoms with van der Waals surface area (Å²) in [6.07, 6.45) is 5.44. The molecule has 0 atom stereocenters. The zero-order valence-corrected chi connectivity index (χ0v) is 16.7. The zero-order valence-electron chi connectivity index (χ0n) is 16.7. The average Bonchev–Trinajstić information content (AvgIpc) is 3.11. The number of rotatable bonds is 7. The lowest BCUT2D eigenvalue weighted by Gasteiger charge is -2.22. The van der Waals surface area contributed by atoms with E-state index >= 15 is 0 Å². The molecule has 7 heteroatoms. The van der Waals surface area contributed by atoms with Gasteiger partial charge in [0.2, 0.25) is 0 Å². The molecule has 28 heavy (non-hydrogen) atoms. The Kier molecular flexibility index (Phi) is 6.16. The first kappa shape index (κ1) is 19.7. The number of amides is 1. The number of methoxy groups -OCH3 is 1. The van der Waals surface area contributed by atoms with Crippen LogP contribution in [-0.4, -0.2) is 50.8 Å². The minimum Gasteiger partial charge on any atom is -0.383 e. The van der Waals surface area contributed by atoms with Gasteiger partial charge in [-0.2, -0.15) is 5.10 Å². The molecule has 0 bridgehead atoms. The molecule has 2 aromatic heterocycles. The molecule has 0 unspecified atom stereocenters. The monoisotopic (exact) mass is 379 g/mol. The van der Waals surface area contributed by atoms with Crippen molar-refractivity contribution in [1.82, 2.24) is 24.6 Å². The van der Waals surface area contributed by atoms with Crippen molar-refractivity contribution in [3.8, 4) is 11.3 Å². The lowest BCUT2D eigenvalue weighted by Crippen LogP contribution is -2.33. The highest BCUT2D eigenvalue weighted by Crippen LogP contribution is 2.21. The predicted molar refractivity (Wildman–Crippen MR) is 107 cm³/mol. The zero-order chi connectivity index (χ0) is 20.1. The van der Waals surface area contributed by atoms with Crippen LogP contribution < -0.4 is 0 Å². The van der Waals surface area contributed by atoms with E-state index in [0.29, 0.717) is 25.3 Å². The molecule has 146 valence electrons. The van der Waals surface area contributed by atoms with Crippen LogP contribution in [0.3, 0.4) is 0 Å². The smallest absolute Gasteiger partial charge is 0.254 e. The third-order valence-electron chi connectivity index (χ3n) is 4.47. The van der Waals surface area contributed by atoms with Gasteiger partial charge in [0, 0.05) is 56.3 Å². The highest BCUT2D eigenvalue weighted by atomic mass is 16.5. The molecule has 0 saturated heterocycles. The van der Waals surface area contributed by atoms with Crippen LogP contribution in [0.1, 0.15) is 27.3 Å². The summed E-state index contributed by atoms with van der Waals surface area (Å²) >= 11 is 0. The van der Waals surface area contributed by atoms with E-state index in [2.05, 4.69) is 15.1 Å². The van der Waals surface area contributed by atoms with E-state index in [-0.39, 0.29) is 5.91 Å². The Morgan fingerprint density at radius 2 is 1.93 bits per heavy atom. The van der Waals surface area contributed by atoms with Crippen LogP contribution in [0.5, 0.6) is 0 Å². The molecule has 3 aromatic rings. The molecule has 1 amide bonds. The van der Waals surface area contributed by atoms with Crippen LogP contribution in [0, 0.1) is 13.8 Å². The Balaban J connectivity index is 1.81. The van der Waals surface area contributed by atoms with Crippen LogP contribution >= 0.6 is 0 Å². The van der Waals surface area contributed by atoms with Gasteiger partial charge < -0.3 is 9.64 Å². The van der Waals surface area contributed by atoms with E-state index in [0.717, 1.165) is 28.2 Å². The Morgan fingerprint density at radius 3 is 2.57 bits per heavy atom. The first-order valence-corrected chi connectivity index (χ1v) is 9.14. The summed E-state index contributed by atoms with van der Waals surface area (Å²) in [5.41, 5.74) is 5.12. The number of hydrogen-bond acceptors (Lipinski definition) is 5. The molecule has 2 heterocycles. The lowest BCUT2D eigenvalue weighted by molar-refractivity contribution is 0.0680. The summed E-state index contributed by atoms with van der Waals surface area (Å²) in [6, 6.07) is 7.51. The van der Waals surface area contributed by atoms with E-state index in [1.807, 2.05) is 51.4 Å². The van der Waals surface area contributed by atoms with Crippen LogP contribution in [0.2, 0.25) is 0 Å². The van der Waals surface area contributed by atoms with Crippen LogP contribution in [-0.2, 0) is 18.3 Å². The maximum Gasteiger partial charge on any atom is 0.254 e. The molecule has 0 aliphatic rings. The summed E-state index contributed by atoms with van der Waals surface area (Å²) in [5.74, 6) is -0.0421. The maximum atomic E-state index is 13.0. The van der Waals surface area contributed by atoms with E-state index in [1.54, 1.807) is 29.1 Å². The van der Waals surface area contributed by atoms with E-state index in [1.165, 1.54) is 0 Å². The molecule has 0 saturated carbocycles. The number of aryl methyl sites for hydroxylation is 3. The number of benzene rings is 1. The van der Waals surface area contributed by atoms with E-state index in [4.69, 9.17) is 4.74 Å². The van der Waals surface area contributed by atoms with Crippen molar-refractivity contribution in [2.45, 2.75) is 20.4 Å². The number of carbonyl (C=O) groups is 1. The van der Waals surface area contributed by atoms with Crippen molar-refractivity contribution >= 4 is 5.91 Å². The largest absolute Gasteiger partial charge is 0.383 e. The highest BCUT2D eigenvalue weighted by Gasteiger charge is 2.17. The summed E-state index contributed by atoms with van der Waals surface area (Å²) in [6.45, 7) is 5.32. The number of hydrogen-bond donors (Lipinski definition) is 0. The molecule has 0 aliphatic heterocycles. The molecular weight excluding hydrogens is 354 g/mol. The van der Waals surface area contributed by atoms with Crippen molar-refractivity contribution in [1.29, 1.82) is 0 Å². The highest BCUT2D eigenvalue weighted by molar-refractivity contribution is 5.94. The molecule has 0 radical (unpaired) electrons. The molecule has 0 fully saturated rings. The Bertz CT molecular complexity index is 950. The van der Waals surface area contributed by atoms with Crippen molar-refractivity contribution in [3.63, 3.8) is 0 Å². The SMILES string of the molecule is COCCN(Cc1cnn(C)c1)C(=O)c1ccc(-c2nc(C)cnc2C)cc1. The second-order valence-corrected chi connectivity index (χ2v) is 6.76. The molecule has 0 spiro atoms. The predicted octanol–water partition coefficient (Wildman–Crippen LogP) is 2.78. The van der Waals surface area contributed by atoms with Gasteiger partial charge in [0.1, 0.15) is 0 Å². The topological polar surface area (TPSA) is 73.1 Å². The van der Waals surface area contributed by atoms with Gasteiger partial charge in [-0.1, -0.05) is 12.1 Å². The summed E-state index contributed by atoms with van der Waals surface area (Å²) in [5, 5.41) is 4.18. The summed E-state index contributed by atoms with van der Waals surface area (Å²) in [4.78, 5) is 23.7. The number of ether oxygens (including phenoxy) is 1. The summed E-state index contributed by atoms with van der Waals surface area (Å²) in [7, 11) is 3.49. The minimum atomic E-state index is -0.0421. The fraction of sp³-hybridized carbons (Fsp3) is 0.333. The van der Waals surface area contributed by atoms with E-state index in [9.17, 15) is 4.79 Å².